The summed E-state index contributed by atoms with van der Waals surface area (Å²) in [6, 6.07) is 3.97. The maximum Gasteiger partial charge on any atom is 0.129 e. The van der Waals surface area contributed by atoms with Crippen LogP contribution in [0.4, 0.5) is 5.82 Å². The molecule has 4 nitrogen and oxygen atoms in total. The molecule has 0 radical (unpaired) electrons. The first-order valence-electron chi connectivity index (χ1n) is 5.70. The lowest BCUT2D eigenvalue weighted by Gasteiger charge is -2.24. The summed E-state index contributed by atoms with van der Waals surface area (Å²) in [5, 5.41) is 18.4. The van der Waals surface area contributed by atoms with Gasteiger partial charge < -0.3 is 15.1 Å². The predicted molar refractivity (Wildman–Crippen MR) is 62.4 cm³/mol. The van der Waals surface area contributed by atoms with Crippen molar-refractivity contribution < 1.29 is 10.2 Å². The Hall–Kier alpha value is -1.13. The maximum absolute atomic E-state index is 9.27. The monoisotopic (exact) mass is 222 g/mol. The first-order valence-corrected chi connectivity index (χ1v) is 5.70. The van der Waals surface area contributed by atoms with Gasteiger partial charge in [0.2, 0.25) is 0 Å². The Morgan fingerprint density at radius 1 is 1.44 bits per heavy atom. The summed E-state index contributed by atoms with van der Waals surface area (Å²) >= 11 is 0. The first-order chi connectivity index (χ1) is 7.74. The number of rotatable bonds is 3. The van der Waals surface area contributed by atoms with Crippen molar-refractivity contribution in [3.05, 3.63) is 23.4 Å². The van der Waals surface area contributed by atoms with Gasteiger partial charge in [0.15, 0.2) is 0 Å². The van der Waals surface area contributed by atoms with Gasteiger partial charge in [0.25, 0.3) is 0 Å². The van der Waals surface area contributed by atoms with E-state index in [4.69, 9.17) is 5.11 Å². The zero-order chi connectivity index (χ0) is 11.5. The van der Waals surface area contributed by atoms with Gasteiger partial charge >= 0.3 is 0 Å². The Kier molecular flexibility index (Phi) is 3.41. The second-order valence-electron chi connectivity index (χ2n) is 4.31. The van der Waals surface area contributed by atoms with Gasteiger partial charge in [-0.3, -0.25) is 0 Å². The summed E-state index contributed by atoms with van der Waals surface area (Å²) in [6.07, 6.45) is 2.11. The predicted octanol–water partition coefficient (Wildman–Crippen LogP) is 0.843. The van der Waals surface area contributed by atoms with E-state index in [0.717, 1.165) is 36.5 Å². The highest BCUT2D eigenvalue weighted by Crippen LogP contribution is 2.24. The van der Waals surface area contributed by atoms with Crippen LogP contribution in [0.1, 0.15) is 24.1 Å². The summed E-state index contributed by atoms with van der Waals surface area (Å²) in [5.74, 6) is 0.876. The summed E-state index contributed by atoms with van der Waals surface area (Å²) in [7, 11) is 0. The minimum absolute atomic E-state index is 0.0357. The zero-order valence-corrected chi connectivity index (χ0v) is 9.56. The van der Waals surface area contributed by atoms with Crippen molar-refractivity contribution in [3.63, 3.8) is 0 Å². The van der Waals surface area contributed by atoms with E-state index in [9.17, 15) is 5.11 Å². The number of aliphatic hydroxyl groups is 2. The molecule has 0 saturated carbocycles. The third kappa shape index (κ3) is 2.18. The van der Waals surface area contributed by atoms with Crippen LogP contribution in [0, 0.1) is 6.92 Å². The average molecular weight is 222 g/mol. The highest BCUT2D eigenvalue weighted by Gasteiger charge is 2.25. The average Bonchev–Trinajstić information content (AvgIpc) is 2.76. The molecule has 88 valence electrons. The van der Waals surface area contributed by atoms with Crippen LogP contribution < -0.4 is 4.90 Å². The topological polar surface area (TPSA) is 56.6 Å². The molecule has 1 aliphatic rings. The van der Waals surface area contributed by atoms with Crippen LogP contribution in [0.15, 0.2) is 12.1 Å². The molecule has 1 saturated heterocycles. The van der Waals surface area contributed by atoms with Gasteiger partial charge in [-0.05, 0) is 37.5 Å². The quantitative estimate of drug-likeness (QED) is 0.796. The SMILES string of the molecule is Cc1cc(CO)cc(N2CCCC2CO)n1. The summed E-state index contributed by atoms with van der Waals surface area (Å²) in [4.78, 5) is 6.60. The highest BCUT2D eigenvalue weighted by atomic mass is 16.3. The molecule has 0 aliphatic carbocycles. The van der Waals surface area contributed by atoms with Crippen LogP contribution in [0.5, 0.6) is 0 Å². The van der Waals surface area contributed by atoms with Gasteiger partial charge in [-0.1, -0.05) is 0 Å². The van der Waals surface area contributed by atoms with Crippen molar-refractivity contribution in [3.8, 4) is 0 Å². The number of hydrogen-bond acceptors (Lipinski definition) is 4. The van der Waals surface area contributed by atoms with E-state index in [2.05, 4.69) is 9.88 Å². The molecule has 2 N–H and O–H groups in total. The van der Waals surface area contributed by atoms with Crippen molar-refractivity contribution in [2.75, 3.05) is 18.1 Å². The van der Waals surface area contributed by atoms with Gasteiger partial charge in [-0.2, -0.15) is 0 Å². The number of nitrogens with zero attached hydrogens (tertiary/aromatic N) is 2. The van der Waals surface area contributed by atoms with Crippen LogP contribution in [0.2, 0.25) is 0 Å². The van der Waals surface area contributed by atoms with E-state index in [-0.39, 0.29) is 19.3 Å². The van der Waals surface area contributed by atoms with E-state index >= 15 is 0 Å². The lowest BCUT2D eigenvalue weighted by Crippen LogP contribution is -2.32. The molecule has 1 unspecified atom stereocenters. The highest BCUT2D eigenvalue weighted by molar-refractivity contribution is 5.44. The molecular weight excluding hydrogens is 204 g/mol. The van der Waals surface area contributed by atoms with E-state index in [1.807, 2.05) is 19.1 Å². The van der Waals surface area contributed by atoms with Crippen molar-refractivity contribution >= 4 is 5.82 Å². The summed E-state index contributed by atoms with van der Waals surface area (Å²) in [6.45, 7) is 3.07. The van der Waals surface area contributed by atoms with Crippen LogP contribution in [-0.4, -0.2) is 34.4 Å². The third-order valence-electron chi connectivity index (χ3n) is 3.06. The normalized spacial score (nSPS) is 20.4. The van der Waals surface area contributed by atoms with Crippen LogP contribution in [0.25, 0.3) is 0 Å². The van der Waals surface area contributed by atoms with Crippen LogP contribution >= 0.6 is 0 Å². The summed E-state index contributed by atoms with van der Waals surface area (Å²) in [5.41, 5.74) is 1.79. The Labute approximate surface area is 95.5 Å². The van der Waals surface area contributed by atoms with Crippen molar-refractivity contribution in [1.82, 2.24) is 4.98 Å². The largest absolute Gasteiger partial charge is 0.394 e. The maximum atomic E-state index is 9.27. The van der Waals surface area contributed by atoms with Gasteiger partial charge in [-0.25, -0.2) is 4.98 Å². The number of hydrogen-bond donors (Lipinski definition) is 2. The van der Waals surface area contributed by atoms with Crippen molar-refractivity contribution in [2.24, 2.45) is 0 Å². The first kappa shape index (κ1) is 11.4. The van der Waals surface area contributed by atoms with Crippen LogP contribution in [-0.2, 0) is 6.61 Å². The molecule has 0 aromatic carbocycles. The number of aromatic nitrogens is 1. The lowest BCUT2D eigenvalue weighted by molar-refractivity contribution is 0.266. The standard InChI is InChI=1S/C12H18N2O2/c1-9-5-10(7-15)6-12(13-9)14-4-2-3-11(14)8-16/h5-6,11,15-16H,2-4,7-8H2,1H3. The second kappa shape index (κ2) is 4.80. The number of aryl methyl sites for hydroxylation is 1. The molecule has 1 aromatic rings. The molecule has 4 heteroatoms. The number of anilines is 1. The molecule has 1 fully saturated rings. The van der Waals surface area contributed by atoms with E-state index in [0.29, 0.717) is 0 Å². The Morgan fingerprint density at radius 2 is 2.25 bits per heavy atom. The minimum Gasteiger partial charge on any atom is -0.394 e. The van der Waals surface area contributed by atoms with Crippen molar-refractivity contribution in [1.29, 1.82) is 0 Å². The Balaban J connectivity index is 2.28. The molecule has 1 aromatic heterocycles. The van der Waals surface area contributed by atoms with E-state index < -0.39 is 0 Å². The molecule has 1 aliphatic heterocycles. The van der Waals surface area contributed by atoms with Gasteiger partial charge in [0.1, 0.15) is 5.82 Å². The van der Waals surface area contributed by atoms with Gasteiger partial charge in [0.05, 0.1) is 19.3 Å². The fraction of sp³-hybridized carbons (Fsp3) is 0.583. The molecule has 16 heavy (non-hydrogen) atoms. The summed E-state index contributed by atoms with van der Waals surface area (Å²) < 4.78 is 0. The van der Waals surface area contributed by atoms with Gasteiger partial charge in [0, 0.05) is 12.2 Å². The molecular formula is C12H18N2O2. The lowest BCUT2D eigenvalue weighted by atomic mass is 10.2. The van der Waals surface area contributed by atoms with Crippen LogP contribution in [0.3, 0.4) is 0 Å². The molecule has 0 spiro atoms. The number of pyridine rings is 1. The van der Waals surface area contributed by atoms with Gasteiger partial charge in [-0.15, -0.1) is 0 Å². The van der Waals surface area contributed by atoms with Crippen molar-refractivity contribution in [2.45, 2.75) is 32.4 Å². The van der Waals surface area contributed by atoms with E-state index in [1.54, 1.807) is 0 Å². The molecule has 2 rings (SSSR count). The van der Waals surface area contributed by atoms with E-state index in [1.165, 1.54) is 0 Å². The second-order valence-corrected chi connectivity index (χ2v) is 4.31. The fourth-order valence-corrected chi connectivity index (χ4v) is 2.29. The zero-order valence-electron chi connectivity index (χ0n) is 9.56. The number of aliphatic hydroxyl groups excluding tert-OH is 2. The molecule has 2 heterocycles. The smallest absolute Gasteiger partial charge is 0.129 e. The fourth-order valence-electron chi connectivity index (χ4n) is 2.29. The third-order valence-corrected chi connectivity index (χ3v) is 3.06. The molecule has 0 amide bonds. The Morgan fingerprint density at radius 3 is 2.94 bits per heavy atom. The molecule has 0 bridgehead atoms. The minimum atomic E-state index is 0.0357. The molecule has 1 atom stereocenters. The Bertz CT molecular complexity index is 368.